The van der Waals surface area contributed by atoms with Crippen LogP contribution in [0.3, 0.4) is 0 Å². The van der Waals surface area contributed by atoms with Gasteiger partial charge in [-0.3, -0.25) is 4.79 Å². The average Bonchev–Trinajstić information content (AvgIpc) is 2.86. The van der Waals surface area contributed by atoms with Crippen molar-refractivity contribution in [3.05, 3.63) is 102 Å². The average molecular weight is 475 g/mol. The van der Waals surface area contributed by atoms with Crippen molar-refractivity contribution in [1.82, 2.24) is 10.2 Å². The second-order valence-corrected chi connectivity index (χ2v) is 8.53. The van der Waals surface area contributed by atoms with Gasteiger partial charge in [0.05, 0.1) is 13.2 Å². The van der Waals surface area contributed by atoms with Crippen LogP contribution in [-0.2, 0) is 0 Å². The molecule has 1 N–H and O–H groups in total. The van der Waals surface area contributed by atoms with Crippen LogP contribution in [0.15, 0.2) is 91.0 Å². The summed E-state index contributed by atoms with van der Waals surface area (Å²) >= 11 is 0. The number of carbonyl (C=O) groups is 1. The number of nitrogens with one attached hydrogen (secondary N) is 1. The number of ether oxygens (including phenoxy) is 1. The maximum atomic E-state index is 13.3. The van der Waals surface area contributed by atoms with E-state index < -0.39 is 0 Å². The van der Waals surface area contributed by atoms with Crippen molar-refractivity contribution >= 4 is 29.1 Å². The number of carbonyl (C=O) groups excluding carboxylic acids is 1. The van der Waals surface area contributed by atoms with E-state index in [1.165, 1.54) is 10.8 Å². The Labute approximate surface area is 208 Å². The molecular weight excluding hydrogens is 444 g/mol. The zero-order chi connectivity index (χ0) is 23.2. The van der Waals surface area contributed by atoms with Crippen LogP contribution in [-0.4, -0.2) is 38.6 Å². The van der Waals surface area contributed by atoms with Crippen LogP contribution < -0.4 is 10.1 Å². The van der Waals surface area contributed by atoms with Crippen LogP contribution in [0.5, 0.6) is 5.75 Å². The zero-order valence-corrected chi connectivity index (χ0v) is 20.6. The third-order valence-electron chi connectivity index (χ3n) is 5.89. The minimum absolute atomic E-state index is 0. The SMILES string of the molecule is COc1ccc(-c2cccc(C(=O)NC(CCN(C)C)c3ccc4ccccc4c3)c2)cc1.Cl. The summed E-state index contributed by atoms with van der Waals surface area (Å²) in [6, 6.07) is 30.3. The minimum Gasteiger partial charge on any atom is -0.497 e. The molecular formula is C29H31ClN2O2. The summed E-state index contributed by atoms with van der Waals surface area (Å²) in [5.41, 5.74) is 3.82. The van der Waals surface area contributed by atoms with Crippen molar-refractivity contribution in [3.63, 3.8) is 0 Å². The topological polar surface area (TPSA) is 41.6 Å². The summed E-state index contributed by atoms with van der Waals surface area (Å²) in [5, 5.41) is 5.66. The predicted molar refractivity (Wildman–Crippen MR) is 143 cm³/mol. The van der Waals surface area contributed by atoms with E-state index in [4.69, 9.17) is 4.74 Å². The Balaban J connectivity index is 0.00000324. The fourth-order valence-corrected chi connectivity index (χ4v) is 4.00. The Kier molecular flexibility index (Phi) is 8.69. The Morgan fingerprint density at radius 1 is 0.853 bits per heavy atom. The lowest BCUT2D eigenvalue weighted by Crippen LogP contribution is -2.31. The third-order valence-corrected chi connectivity index (χ3v) is 5.89. The summed E-state index contributed by atoms with van der Waals surface area (Å²) in [5.74, 6) is 0.744. The maximum Gasteiger partial charge on any atom is 0.251 e. The molecule has 1 atom stereocenters. The van der Waals surface area contributed by atoms with E-state index in [9.17, 15) is 4.79 Å². The molecule has 34 heavy (non-hydrogen) atoms. The van der Waals surface area contributed by atoms with E-state index in [-0.39, 0.29) is 24.4 Å². The first-order valence-electron chi connectivity index (χ1n) is 11.2. The number of fused-ring (bicyclic) bond motifs is 1. The number of rotatable bonds is 8. The van der Waals surface area contributed by atoms with Crippen molar-refractivity contribution in [3.8, 4) is 16.9 Å². The van der Waals surface area contributed by atoms with Crippen LogP contribution in [0.2, 0.25) is 0 Å². The zero-order valence-electron chi connectivity index (χ0n) is 19.8. The Morgan fingerprint density at radius 3 is 2.29 bits per heavy atom. The Hall–Kier alpha value is -3.34. The van der Waals surface area contributed by atoms with Gasteiger partial charge in [-0.25, -0.2) is 0 Å². The molecule has 1 unspecified atom stereocenters. The van der Waals surface area contributed by atoms with Crippen molar-refractivity contribution in [2.75, 3.05) is 27.7 Å². The van der Waals surface area contributed by atoms with Crippen molar-refractivity contribution < 1.29 is 9.53 Å². The van der Waals surface area contributed by atoms with Gasteiger partial charge in [0.25, 0.3) is 5.91 Å². The molecule has 4 nitrogen and oxygen atoms in total. The van der Waals surface area contributed by atoms with Gasteiger partial charge >= 0.3 is 0 Å². The molecule has 0 spiro atoms. The monoisotopic (exact) mass is 474 g/mol. The molecule has 0 radical (unpaired) electrons. The lowest BCUT2D eigenvalue weighted by atomic mass is 9.98. The molecule has 0 fully saturated rings. The maximum absolute atomic E-state index is 13.3. The molecule has 4 aromatic carbocycles. The molecule has 0 aromatic heterocycles. The second kappa shape index (κ2) is 11.7. The summed E-state index contributed by atoms with van der Waals surface area (Å²) < 4.78 is 5.25. The van der Waals surface area contributed by atoms with Crippen LogP contribution >= 0.6 is 12.4 Å². The Morgan fingerprint density at radius 2 is 1.59 bits per heavy atom. The quantitative estimate of drug-likeness (QED) is 0.323. The van der Waals surface area contributed by atoms with E-state index in [1.54, 1.807) is 7.11 Å². The van der Waals surface area contributed by atoms with Gasteiger partial charge in [-0.05, 0) is 84.9 Å². The molecule has 0 aliphatic heterocycles. The number of amides is 1. The molecule has 0 saturated heterocycles. The van der Waals surface area contributed by atoms with Gasteiger partial charge < -0.3 is 15.0 Å². The highest BCUT2D eigenvalue weighted by atomic mass is 35.5. The highest BCUT2D eigenvalue weighted by Crippen LogP contribution is 2.25. The summed E-state index contributed by atoms with van der Waals surface area (Å²) in [7, 11) is 5.76. The fraction of sp³-hybridized carbons (Fsp3) is 0.207. The third kappa shape index (κ3) is 6.16. The van der Waals surface area contributed by atoms with Crippen LogP contribution in [0.4, 0.5) is 0 Å². The number of nitrogens with zero attached hydrogens (tertiary/aromatic N) is 1. The number of methoxy groups -OCH3 is 1. The molecule has 0 saturated carbocycles. The molecule has 176 valence electrons. The summed E-state index contributed by atoms with van der Waals surface area (Å²) in [6.45, 7) is 0.879. The Bertz CT molecular complexity index is 1240. The molecule has 4 rings (SSSR count). The summed E-state index contributed by atoms with van der Waals surface area (Å²) in [6.07, 6.45) is 0.829. The van der Waals surface area contributed by atoms with Gasteiger partial charge in [0.2, 0.25) is 0 Å². The molecule has 4 aromatic rings. The molecule has 5 heteroatoms. The fourth-order valence-electron chi connectivity index (χ4n) is 4.00. The van der Waals surface area contributed by atoms with E-state index in [2.05, 4.69) is 54.6 Å². The van der Waals surface area contributed by atoms with Gasteiger partial charge in [-0.1, -0.05) is 60.7 Å². The first kappa shape index (κ1) is 25.3. The number of halogens is 1. The smallest absolute Gasteiger partial charge is 0.251 e. The first-order chi connectivity index (χ1) is 16.0. The first-order valence-corrected chi connectivity index (χ1v) is 11.2. The van der Waals surface area contributed by atoms with Gasteiger partial charge in [0.15, 0.2) is 0 Å². The predicted octanol–water partition coefficient (Wildman–Crippen LogP) is 6.36. The highest BCUT2D eigenvalue weighted by Gasteiger charge is 2.17. The second-order valence-electron chi connectivity index (χ2n) is 8.53. The molecule has 0 aliphatic rings. The number of benzene rings is 4. The van der Waals surface area contributed by atoms with E-state index in [0.717, 1.165) is 35.4 Å². The minimum atomic E-state index is -0.0749. The molecule has 0 heterocycles. The van der Waals surface area contributed by atoms with Crippen molar-refractivity contribution in [2.45, 2.75) is 12.5 Å². The van der Waals surface area contributed by atoms with E-state index in [1.807, 2.05) is 60.7 Å². The summed E-state index contributed by atoms with van der Waals surface area (Å²) in [4.78, 5) is 15.4. The highest BCUT2D eigenvalue weighted by molar-refractivity contribution is 5.96. The van der Waals surface area contributed by atoms with Crippen molar-refractivity contribution in [2.24, 2.45) is 0 Å². The van der Waals surface area contributed by atoms with Crippen molar-refractivity contribution in [1.29, 1.82) is 0 Å². The lowest BCUT2D eigenvalue weighted by molar-refractivity contribution is 0.0933. The molecule has 1 amide bonds. The largest absolute Gasteiger partial charge is 0.497 e. The van der Waals surface area contributed by atoms with E-state index >= 15 is 0 Å². The standard InChI is InChI=1S/C29H30N2O2.ClH/c1-31(2)18-17-28(25-12-11-21-7-4-5-8-23(21)19-25)30-29(32)26-10-6-9-24(20-26)22-13-15-27(33-3)16-14-22;/h4-16,19-20,28H,17-18H2,1-3H3,(H,30,32);1H. The van der Waals surface area contributed by atoms with Crippen LogP contribution in [0.25, 0.3) is 21.9 Å². The van der Waals surface area contributed by atoms with Crippen LogP contribution in [0.1, 0.15) is 28.4 Å². The van der Waals surface area contributed by atoms with Gasteiger partial charge in [-0.2, -0.15) is 0 Å². The van der Waals surface area contributed by atoms with Gasteiger partial charge in [0.1, 0.15) is 5.75 Å². The lowest BCUT2D eigenvalue weighted by Gasteiger charge is -2.22. The normalized spacial score (nSPS) is 11.6. The van der Waals surface area contributed by atoms with Gasteiger partial charge in [-0.15, -0.1) is 12.4 Å². The molecule has 0 bridgehead atoms. The van der Waals surface area contributed by atoms with Gasteiger partial charge in [0, 0.05) is 5.56 Å². The number of hydrogen-bond acceptors (Lipinski definition) is 3. The molecule has 0 aliphatic carbocycles. The van der Waals surface area contributed by atoms with Crippen LogP contribution in [0, 0.1) is 0 Å². The number of hydrogen-bond donors (Lipinski definition) is 1. The van der Waals surface area contributed by atoms with E-state index in [0.29, 0.717) is 5.56 Å².